The maximum atomic E-state index is 10.7. The fraction of sp³-hybridized carbons (Fsp3) is 0.571. The van der Waals surface area contributed by atoms with Crippen molar-refractivity contribution in [2.45, 2.75) is 13.0 Å². The lowest BCUT2D eigenvalue weighted by Crippen LogP contribution is -2.35. The first-order chi connectivity index (χ1) is 4.76. The molecule has 1 atom stereocenters. The first-order valence-electron chi connectivity index (χ1n) is 3.03. The van der Waals surface area contributed by atoms with Crippen LogP contribution >= 0.6 is 0 Å². The van der Waals surface area contributed by atoms with Crippen LogP contribution in [0.2, 0.25) is 0 Å². The third kappa shape index (κ3) is 2.51. The van der Waals surface area contributed by atoms with Crippen LogP contribution < -0.4 is 5.32 Å². The van der Waals surface area contributed by atoms with Crippen molar-refractivity contribution in [3.63, 3.8) is 0 Å². The Balaban J connectivity index is 3.84. The maximum absolute atomic E-state index is 10.7. The Morgan fingerprint density at radius 3 is 2.80 bits per heavy atom. The second kappa shape index (κ2) is 4.83. The molecule has 0 saturated carbocycles. The molecular weight excluding hydrogens is 130 g/mol. The molecule has 0 rings (SSSR count). The summed E-state index contributed by atoms with van der Waals surface area (Å²) < 4.78 is 4.41. The van der Waals surface area contributed by atoms with Gasteiger partial charge in [-0.1, -0.05) is 12.8 Å². The number of rotatable bonds is 3. The van der Waals surface area contributed by atoms with Gasteiger partial charge in [0.1, 0.15) is 0 Å². The van der Waals surface area contributed by atoms with E-state index in [0.29, 0.717) is 6.54 Å². The minimum absolute atomic E-state index is 0.413. The summed E-state index contributed by atoms with van der Waals surface area (Å²) in [7, 11) is 1.31. The Morgan fingerprint density at radius 2 is 2.50 bits per heavy atom. The zero-order valence-electron chi connectivity index (χ0n) is 6.18. The van der Waals surface area contributed by atoms with Crippen molar-refractivity contribution in [1.29, 1.82) is 0 Å². The number of nitrogens with one attached hydrogen (secondary N) is 1. The summed E-state index contributed by atoms with van der Waals surface area (Å²) in [6.07, 6.45) is 5.02. The van der Waals surface area contributed by atoms with Gasteiger partial charge in [0.05, 0.1) is 7.11 Å². The van der Waals surface area contributed by atoms with E-state index in [1.807, 2.05) is 6.92 Å². The van der Waals surface area contributed by atoms with Crippen molar-refractivity contribution in [3.05, 3.63) is 0 Å². The Labute approximate surface area is 60.8 Å². The number of likely N-dealkylation sites (N-methyl/N-ethyl adjacent to an activating group) is 1. The van der Waals surface area contributed by atoms with Crippen molar-refractivity contribution in [2.24, 2.45) is 0 Å². The van der Waals surface area contributed by atoms with Gasteiger partial charge in [-0.2, -0.15) is 0 Å². The Hall–Kier alpha value is -1.01. The van der Waals surface area contributed by atoms with E-state index in [4.69, 9.17) is 6.42 Å². The van der Waals surface area contributed by atoms with Gasteiger partial charge in [0.15, 0.2) is 6.04 Å². The van der Waals surface area contributed by atoms with Crippen LogP contribution in [0.3, 0.4) is 0 Å². The van der Waals surface area contributed by atoms with Gasteiger partial charge >= 0.3 is 5.97 Å². The monoisotopic (exact) mass is 141 g/mol. The first kappa shape index (κ1) is 8.99. The van der Waals surface area contributed by atoms with Gasteiger partial charge in [-0.05, 0) is 6.54 Å². The van der Waals surface area contributed by atoms with Crippen LogP contribution in [0.4, 0.5) is 0 Å². The Bertz CT molecular complexity index is 148. The van der Waals surface area contributed by atoms with E-state index in [9.17, 15) is 4.79 Å². The van der Waals surface area contributed by atoms with Gasteiger partial charge in [-0.25, -0.2) is 4.79 Å². The highest BCUT2D eigenvalue weighted by molar-refractivity contribution is 5.79. The maximum Gasteiger partial charge on any atom is 0.335 e. The number of terminal acetylenes is 1. The summed E-state index contributed by atoms with van der Waals surface area (Å²) in [5, 5.41) is 2.77. The second-order valence-electron chi connectivity index (χ2n) is 1.68. The molecule has 0 aromatic carbocycles. The number of esters is 1. The number of hydrogen-bond acceptors (Lipinski definition) is 3. The predicted octanol–water partition coefficient (Wildman–Crippen LogP) is -0.229. The topological polar surface area (TPSA) is 38.3 Å². The van der Waals surface area contributed by atoms with Gasteiger partial charge in [0.25, 0.3) is 0 Å². The highest BCUT2D eigenvalue weighted by Gasteiger charge is 2.12. The number of methoxy groups -OCH3 is 1. The van der Waals surface area contributed by atoms with Crippen LogP contribution in [0, 0.1) is 12.3 Å². The molecule has 0 aliphatic carbocycles. The van der Waals surface area contributed by atoms with Crippen LogP contribution in [0.15, 0.2) is 0 Å². The number of carbonyl (C=O) groups excluding carboxylic acids is 1. The molecule has 1 N–H and O–H groups in total. The Kier molecular flexibility index (Phi) is 4.34. The van der Waals surface area contributed by atoms with Crippen molar-refractivity contribution in [3.8, 4) is 12.3 Å². The summed E-state index contributed by atoms with van der Waals surface area (Å²) in [4.78, 5) is 10.7. The number of ether oxygens (including phenoxy) is 1. The molecule has 0 aliphatic heterocycles. The third-order valence-corrected chi connectivity index (χ3v) is 1.01. The van der Waals surface area contributed by atoms with E-state index < -0.39 is 12.0 Å². The fourth-order valence-corrected chi connectivity index (χ4v) is 0.532. The molecule has 0 heterocycles. The van der Waals surface area contributed by atoms with Crippen molar-refractivity contribution in [2.75, 3.05) is 13.7 Å². The molecule has 0 saturated heterocycles. The predicted molar refractivity (Wildman–Crippen MR) is 38.3 cm³/mol. The zero-order valence-corrected chi connectivity index (χ0v) is 6.18. The quantitative estimate of drug-likeness (QED) is 0.436. The molecule has 0 unspecified atom stereocenters. The molecule has 0 bridgehead atoms. The van der Waals surface area contributed by atoms with E-state index in [1.54, 1.807) is 0 Å². The zero-order chi connectivity index (χ0) is 7.98. The molecule has 0 amide bonds. The second-order valence-corrected chi connectivity index (χ2v) is 1.68. The van der Waals surface area contributed by atoms with Crippen LogP contribution in [0.25, 0.3) is 0 Å². The molecule has 0 fully saturated rings. The molecule has 0 spiro atoms. The molecule has 0 aromatic heterocycles. The van der Waals surface area contributed by atoms with E-state index in [-0.39, 0.29) is 0 Å². The Morgan fingerprint density at radius 1 is 1.90 bits per heavy atom. The standard InChI is InChI=1S/C7H11NO2/c1-4-6(8-5-2)7(9)10-3/h1,6,8H,5H2,2-3H3/t6-/m0/s1. The van der Waals surface area contributed by atoms with Gasteiger partial charge in [-0.15, -0.1) is 6.42 Å². The smallest absolute Gasteiger partial charge is 0.335 e. The molecule has 0 aliphatic rings. The lowest BCUT2D eigenvalue weighted by molar-refractivity contribution is -0.141. The summed E-state index contributed by atoms with van der Waals surface area (Å²) in [5.74, 6) is 1.86. The molecule has 3 nitrogen and oxygen atoms in total. The lowest BCUT2D eigenvalue weighted by Gasteiger charge is -2.07. The molecule has 0 radical (unpaired) electrons. The van der Waals surface area contributed by atoms with Gasteiger partial charge < -0.3 is 4.74 Å². The van der Waals surface area contributed by atoms with Crippen LogP contribution in [-0.2, 0) is 9.53 Å². The number of carbonyl (C=O) groups is 1. The van der Waals surface area contributed by atoms with E-state index >= 15 is 0 Å². The van der Waals surface area contributed by atoms with Gasteiger partial charge in [0.2, 0.25) is 0 Å². The molecule has 56 valence electrons. The minimum atomic E-state index is -0.602. The number of hydrogen-bond donors (Lipinski definition) is 1. The summed E-state index contributed by atoms with van der Waals surface area (Å²) in [6, 6.07) is -0.602. The van der Waals surface area contributed by atoms with Gasteiger partial charge in [0, 0.05) is 0 Å². The SMILES string of the molecule is C#C[C@H](NCC)C(=O)OC. The first-order valence-corrected chi connectivity index (χ1v) is 3.03. The summed E-state index contributed by atoms with van der Waals surface area (Å²) in [6.45, 7) is 2.53. The van der Waals surface area contributed by atoms with Gasteiger partial charge in [-0.3, -0.25) is 5.32 Å². The van der Waals surface area contributed by atoms with Crippen LogP contribution in [0.1, 0.15) is 6.92 Å². The largest absolute Gasteiger partial charge is 0.467 e. The van der Waals surface area contributed by atoms with Crippen molar-refractivity contribution < 1.29 is 9.53 Å². The van der Waals surface area contributed by atoms with E-state index in [1.165, 1.54) is 7.11 Å². The highest BCUT2D eigenvalue weighted by Crippen LogP contribution is 1.83. The molecule has 10 heavy (non-hydrogen) atoms. The highest BCUT2D eigenvalue weighted by atomic mass is 16.5. The summed E-state index contributed by atoms with van der Waals surface area (Å²) >= 11 is 0. The van der Waals surface area contributed by atoms with E-state index in [0.717, 1.165) is 0 Å². The van der Waals surface area contributed by atoms with Crippen molar-refractivity contribution >= 4 is 5.97 Å². The minimum Gasteiger partial charge on any atom is -0.467 e. The fourth-order valence-electron chi connectivity index (χ4n) is 0.532. The average molecular weight is 141 g/mol. The molecular formula is C7H11NO2. The third-order valence-electron chi connectivity index (χ3n) is 1.01. The average Bonchev–Trinajstić information content (AvgIpc) is 1.99. The van der Waals surface area contributed by atoms with Crippen LogP contribution in [0.5, 0.6) is 0 Å². The van der Waals surface area contributed by atoms with E-state index in [2.05, 4.69) is 16.0 Å². The van der Waals surface area contributed by atoms with Crippen molar-refractivity contribution in [1.82, 2.24) is 5.32 Å². The molecule has 3 heteroatoms. The van der Waals surface area contributed by atoms with Crippen LogP contribution in [-0.4, -0.2) is 25.7 Å². The summed E-state index contributed by atoms with van der Waals surface area (Å²) in [5.41, 5.74) is 0. The molecule has 0 aromatic rings. The lowest BCUT2D eigenvalue weighted by atomic mass is 10.3. The normalized spacial score (nSPS) is 11.7.